The summed E-state index contributed by atoms with van der Waals surface area (Å²) in [4.78, 5) is 22.8. The van der Waals surface area contributed by atoms with E-state index in [1.807, 2.05) is 42.5 Å². The van der Waals surface area contributed by atoms with Crippen LogP contribution in [0.3, 0.4) is 0 Å². The van der Waals surface area contributed by atoms with Crippen LogP contribution < -0.4 is 10.1 Å². The molecule has 2 amide bonds. The molecule has 1 heterocycles. The Morgan fingerprint density at radius 1 is 1.08 bits per heavy atom. The van der Waals surface area contributed by atoms with Gasteiger partial charge >= 0.3 is 0 Å². The second kappa shape index (κ2) is 7.53. The van der Waals surface area contributed by atoms with Crippen LogP contribution in [-0.4, -0.2) is 23.0 Å². The molecular weight excluding hydrogens is 322 g/mol. The average molecular weight is 341 g/mol. The van der Waals surface area contributed by atoms with E-state index in [4.69, 9.17) is 4.74 Å². The predicted octanol–water partition coefficient (Wildman–Crippen LogP) is 3.76. The summed E-state index contributed by atoms with van der Waals surface area (Å²) in [5.74, 6) is 0.915. The fraction of sp³-hybridized carbons (Fsp3) is 0.263. The van der Waals surface area contributed by atoms with Gasteiger partial charge in [-0.1, -0.05) is 61.2 Å². The molecule has 0 aromatic heterocycles. The number of amides is 2. The van der Waals surface area contributed by atoms with E-state index < -0.39 is 0 Å². The molecule has 1 unspecified atom stereocenters. The molecule has 1 aliphatic heterocycles. The van der Waals surface area contributed by atoms with Crippen molar-refractivity contribution in [1.29, 1.82) is 0 Å². The van der Waals surface area contributed by atoms with Crippen LogP contribution in [0.4, 0.5) is 4.79 Å². The van der Waals surface area contributed by atoms with Crippen LogP contribution in [0.25, 0.3) is 0 Å². The summed E-state index contributed by atoms with van der Waals surface area (Å²) in [5, 5.41) is 1.71. The van der Waals surface area contributed by atoms with Crippen molar-refractivity contribution in [2.75, 3.05) is 6.61 Å². The Hall–Kier alpha value is -2.27. The van der Waals surface area contributed by atoms with Crippen LogP contribution in [-0.2, 0) is 11.2 Å². The monoisotopic (exact) mass is 341 g/mol. The maximum Gasteiger partial charge on any atom is 0.286 e. The largest absolute Gasteiger partial charge is 0.493 e. The molecular formula is C19H19NO3S. The zero-order valence-corrected chi connectivity index (χ0v) is 14.2. The molecule has 3 rings (SSSR count). The van der Waals surface area contributed by atoms with Gasteiger partial charge in [0.25, 0.3) is 5.24 Å². The Morgan fingerprint density at radius 3 is 2.42 bits per heavy atom. The highest BCUT2D eigenvalue weighted by molar-refractivity contribution is 8.15. The van der Waals surface area contributed by atoms with Gasteiger partial charge in [-0.2, -0.15) is 0 Å². The molecule has 124 valence electrons. The second-order valence-electron chi connectivity index (χ2n) is 5.85. The lowest BCUT2D eigenvalue weighted by Gasteiger charge is -2.14. The van der Waals surface area contributed by atoms with Crippen LogP contribution in [0.1, 0.15) is 24.0 Å². The lowest BCUT2D eigenvalue weighted by molar-refractivity contribution is -0.118. The van der Waals surface area contributed by atoms with E-state index in [1.165, 1.54) is 5.56 Å². The van der Waals surface area contributed by atoms with E-state index in [2.05, 4.69) is 24.4 Å². The summed E-state index contributed by atoms with van der Waals surface area (Å²) in [5.41, 5.74) is 2.27. The van der Waals surface area contributed by atoms with Crippen LogP contribution in [0, 0.1) is 0 Å². The van der Waals surface area contributed by atoms with Crippen LogP contribution in [0.15, 0.2) is 54.6 Å². The molecule has 0 aliphatic carbocycles. The van der Waals surface area contributed by atoms with E-state index >= 15 is 0 Å². The molecule has 2 aromatic carbocycles. The zero-order valence-electron chi connectivity index (χ0n) is 13.4. The minimum atomic E-state index is -0.331. The highest BCUT2D eigenvalue weighted by atomic mass is 32.2. The molecule has 24 heavy (non-hydrogen) atoms. The van der Waals surface area contributed by atoms with Crippen LogP contribution in [0.5, 0.6) is 5.75 Å². The molecule has 0 saturated carbocycles. The number of ether oxygens (including phenoxy) is 1. The van der Waals surface area contributed by atoms with Gasteiger partial charge in [-0.15, -0.1) is 0 Å². The average Bonchev–Trinajstić information content (AvgIpc) is 2.92. The summed E-state index contributed by atoms with van der Waals surface area (Å²) in [6.45, 7) is 2.75. The third kappa shape index (κ3) is 4.17. The van der Waals surface area contributed by atoms with E-state index in [9.17, 15) is 9.59 Å². The lowest BCUT2D eigenvalue weighted by Crippen LogP contribution is -2.25. The SMILES string of the molecule is C[C@H](COc1ccc(CC2SC(=O)NC2=O)cc1)c1ccccc1. The van der Waals surface area contributed by atoms with E-state index in [0.29, 0.717) is 18.9 Å². The van der Waals surface area contributed by atoms with Gasteiger partial charge in [0.2, 0.25) is 5.91 Å². The Labute approximate surface area is 145 Å². The standard InChI is InChI=1S/C19H19NO3S/c1-13(15-5-3-2-4-6-15)12-23-16-9-7-14(8-10-16)11-17-18(21)20-19(22)24-17/h2-10,13,17H,11-12H2,1H3,(H,20,21,22)/t13-,17?/m1/s1. The number of nitrogens with one attached hydrogen (secondary N) is 1. The van der Waals surface area contributed by atoms with Gasteiger partial charge in [0.15, 0.2) is 0 Å². The predicted molar refractivity (Wildman–Crippen MR) is 95.4 cm³/mol. The zero-order chi connectivity index (χ0) is 16.9. The molecule has 5 heteroatoms. The van der Waals surface area contributed by atoms with Gasteiger partial charge < -0.3 is 4.74 Å². The number of hydrogen-bond donors (Lipinski definition) is 1. The summed E-state index contributed by atoms with van der Waals surface area (Å²) >= 11 is 1.05. The first-order valence-electron chi connectivity index (χ1n) is 7.90. The Bertz CT molecular complexity index is 715. The van der Waals surface area contributed by atoms with Gasteiger partial charge in [0.05, 0.1) is 11.9 Å². The Balaban J connectivity index is 1.53. The molecule has 4 nitrogen and oxygen atoms in total. The highest BCUT2D eigenvalue weighted by Crippen LogP contribution is 2.24. The first kappa shape index (κ1) is 16.6. The number of imide groups is 1. The molecule has 1 N–H and O–H groups in total. The number of thioether (sulfide) groups is 1. The van der Waals surface area contributed by atoms with Gasteiger partial charge in [-0.25, -0.2) is 0 Å². The number of benzene rings is 2. The van der Waals surface area contributed by atoms with Crippen LogP contribution in [0.2, 0.25) is 0 Å². The molecule has 1 saturated heterocycles. The smallest absolute Gasteiger partial charge is 0.286 e. The lowest BCUT2D eigenvalue weighted by atomic mass is 10.0. The van der Waals surface area contributed by atoms with Gasteiger partial charge in [0.1, 0.15) is 5.75 Å². The van der Waals surface area contributed by atoms with Crippen molar-refractivity contribution in [3.05, 3.63) is 65.7 Å². The summed E-state index contributed by atoms with van der Waals surface area (Å²) < 4.78 is 5.85. The minimum Gasteiger partial charge on any atom is -0.493 e. The van der Waals surface area contributed by atoms with Crippen molar-refractivity contribution in [3.63, 3.8) is 0 Å². The fourth-order valence-electron chi connectivity index (χ4n) is 2.56. The Kier molecular flexibility index (Phi) is 5.20. The van der Waals surface area contributed by atoms with Crippen molar-refractivity contribution < 1.29 is 14.3 Å². The maximum atomic E-state index is 11.6. The fourth-order valence-corrected chi connectivity index (χ4v) is 3.42. The first-order valence-corrected chi connectivity index (χ1v) is 8.78. The molecule has 0 radical (unpaired) electrons. The number of carbonyl (C=O) groups is 2. The van der Waals surface area contributed by atoms with E-state index in [0.717, 1.165) is 23.1 Å². The number of hydrogen-bond acceptors (Lipinski definition) is 4. The quantitative estimate of drug-likeness (QED) is 0.869. The second-order valence-corrected chi connectivity index (χ2v) is 7.03. The van der Waals surface area contributed by atoms with E-state index in [1.54, 1.807) is 0 Å². The van der Waals surface area contributed by atoms with Crippen molar-refractivity contribution >= 4 is 22.9 Å². The number of rotatable bonds is 6. The molecule has 1 fully saturated rings. The van der Waals surface area contributed by atoms with Crippen LogP contribution >= 0.6 is 11.8 Å². The van der Waals surface area contributed by atoms with E-state index in [-0.39, 0.29) is 16.4 Å². The highest BCUT2D eigenvalue weighted by Gasteiger charge is 2.31. The maximum absolute atomic E-state index is 11.6. The summed E-state index contributed by atoms with van der Waals surface area (Å²) in [6, 6.07) is 18.0. The first-order chi connectivity index (χ1) is 11.6. The third-order valence-corrected chi connectivity index (χ3v) is 4.96. The topological polar surface area (TPSA) is 55.4 Å². The number of carbonyl (C=O) groups excluding carboxylic acids is 2. The third-order valence-electron chi connectivity index (χ3n) is 3.98. The minimum absolute atomic E-state index is 0.206. The molecule has 1 aliphatic rings. The summed E-state index contributed by atoms with van der Waals surface area (Å²) in [7, 11) is 0. The van der Waals surface area contributed by atoms with Gasteiger partial charge in [0, 0.05) is 5.92 Å². The molecule has 2 aromatic rings. The summed E-state index contributed by atoms with van der Waals surface area (Å²) in [6.07, 6.45) is 0.545. The van der Waals surface area contributed by atoms with Gasteiger partial charge in [-0.3, -0.25) is 14.9 Å². The Morgan fingerprint density at radius 2 is 1.79 bits per heavy atom. The van der Waals surface area contributed by atoms with Gasteiger partial charge in [-0.05, 0) is 29.7 Å². The van der Waals surface area contributed by atoms with Crippen molar-refractivity contribution in [3.8, 4) is 5.75 Å². The van der Waals surface area contributed by atoms with Crippen molar-refractivity contribution in [2.24, 2.45) is 0 Å². The van der Waals surface area contributed by atoms with Crippen molar-refractivity contribution in [1.82, 2.24) is 5.32 Å². The van der Waals surface area contributed by atoms with Crippen molar-refractivity contribution in [2.45, 2.75) is 24.5 Å². The normalized spacial score (nSPS) is 18.3. The molecule has 0 spiro atoms. The molecule has 2 atom stereocenters. The molecule has 0 bridgehead atoms.